The third kappa shape index (κ3) is 4.55. The van der Waals surface area contributed by atoms with E-state index >= 15 is 0 Å². The summed E-state index contributed by atoms with van der Waals surface area (Å²) in [6.45, 7) is 20.8. The molecule has 0 aliphatic carbocycles. The van der Waals surface area contributed by atoms with Crippen LogP contribution in [-0.2, 0) is 18.8 Å². The minimum atomic E-state index is -1.99. The highest BCUT2D eigenvalue weighted by atomic mass is 32.2. The number of thioether (sulfide) groups is 2. The van der Waals surface area contributed by atoms with Crippen LogP contribution in [0.4, 0.5) is 0 Å². The summed E-state index contributed by atoms with van der Waals surface area (Å²) in [7, 11) is -1.99. The summed E-state index contributed by atoms with van der Waals surface area (Å²) in [5.74, 6) is -0.747. The first-order valence-electron chi connectivity index (χ1n) is 9.68. The summed E-state index contributed by atoms with van der Waals surface area (Å²) in [5, 5.41) is 0.283. The molecule has 28 heavy (non-hydrogen) atoms. The predicted octanol–water partition coefficient (Wildman–Crippen LogP) is 4.97. The topological polar surface area (TPSA) is 55.8 Å². The Morgan fingerprint density at radius 1 is 1.36 bits per heavy atom. The lowest BCUT2D eigenvalue weighted by molar-refractivity contribution is -0.157. The number of ether oxygens (including phenoxy) is 1. The van der Waals surface area contributed by atoms with E-state index in [1.807, 2.05) is 6.92 Å². The first-order chi connectivity index (χ1) is 12.8. The van der Waals surface area contributed by atoms with Gasteiger partial charge in [-0.15, -0.1) is 11.8 Å². The van der Waals surface area contributed by atoms with Gasteiger partial charge in [-0.1, -0.05) is 59.0 Å². The minimum absolute atomic E-state index is 0.0476. The van der Waals surface area contributed by atoms with E-state index in [4.69, 9.17) is 9.16 Å². The number of amides is 1. The predicted molar refractivity (Wildman–Crippen MR) is 120 cm³/mol. The minimum Gasteiger partial charge on any atom is -0.457 e. The summed E-state index contributed by atoms with van der Waals surface area (Å²) in [4.78, 5) is 27.2. The van der Waals surface area contributed by atoms with E-state index in [-0.39, 0.29) is 34.9 Å². The van der Waals surface area contributed by atoms with Crippen molar-refractivity contribution in [3.8, 4) is 0 Å². The molecule has 0 aromatic heterocycles. The van der Waals surface area contributed by atoms with Crippen molar-refractivity contribution in [1.29, 1.82) is 0 Å². The molecule has 2 rings (SSSR count). The van der Waals surface area contributed by atoms with Gasteiger partial charge in [0.1, 0.15) is 12.0 Å². The maximum absolute atomic E-state index is 13.0. The quantitative estimate of drug-likeness (QED) is 0.228. The Hall–Kier alpha value is -0.703. The zero-order valence-electron chi connectivity index (χ0n) is 18.2. The van der Waals surface area contributed by atoms with Gasteiger partial charge in [-0.25, -0.2) is 4.79 Å². The summed E-state index contributed by atoms with van der Waals surface area (Å²) < 4.78 is 12.6. The molecule has 0 aromatic rings. The molecule has 5 nitrogen and oxygen atoms in total. The van der Waals surface area contributed by atoms with Gasteiger partial charge in [0.2, 0.25) is 5.91 Å². The summed E-state index contributed by atoms with van der Waals surface area (Å²) in [6.07, 6.45) is 1.35. The first kappa shape index (κ1) is 23.6. The molecule has 0 unspecified atom stereocenters. The first-order valence-corrected chi connectivity index (χ1v) is 14.3. The van der Waals surface area contributed by atoms with E-state index in [9.17, 15) is 9.59 Å². The van der Waals surface area contributed by atoms with Crippen molar-refractivity contribution in [2.45, 2.75) is 76.4 Å². The van der Waals surface area contributed by atoms with Crippen LogP contribution < -0.4 is 0 Å². The van der Waals surface area contributed by atoms with E-state index in [1.54, 1.807) is 28.4 Å². The summed E-state index contributed by atoms with van der Waals surface area (Å²) in [5.41, 5.74) is 0.385. The number of hydrogen-bond acceptors (Lipinski definition) is 6. The molecule has 1 fully saturated rings. The van der Waals surface area contributed by atoms with E-state index in [2.05, 4.69) is 54.3 Å². The van der Waals surface area contributed by atoms with Crippen LogP contribution in [0.2, 0.25) is 18.1 Å². The Morgan fingerprint density at radius 3 is 2.46 bits per heavy atom. The number of rotatable bonds is 8. The van der Waals surface area contributed by atoms with E-state index in [1.165, 1.54) is 6.08 Å². The molecule has 1 saturated heterocycles. The van der Waals surface area contributed by atoms with Crippen LogP contribution >= 0.6 is 23.5 Å². The lowest BCUT2D eigenvalue weighted by Crippen LogP contribution is -2.62. The lowest BCUT2D eigenvalue weighted by atomic mass is 9.92. The van der Waals surface area contributed by atoms with Crippen LogP contribution in [0.5, 0.6) is 0 Å². The van der Waals surface area contributed by atoms with Crippen LogP contribution in [0.25, 0.3) is 0 Å². The van der Waals surface area contributed by atoms with Crippen molar-refractivity contribution in [3.05, 3.63) is 22.6 Å². The number of fused-ring (bicyclic) bond motifs is 1. The Balaban J connectivity index is 2.20. The van der Waals surface area contributed by atoms with Gasteiger partial charge in [-0.2, -0.15) is 0 Å². The molecule has 2 heterocycles. The van der Waals surface area contributed by atoms with E-state index in [0.717, 1.165) is 4.24 Å². The third-order valence-corrected chi connectivity index (χ3v) is 12.6. The fourth-order valence-electron chi connectivity index (χ4n) is 2.94. The Bertz CT molecular complexity index is 684. The van der Waals surface area contributed by atoms with Crippen molar-refractivity contribution < 1.29 is 18.8 Å². The number of hydrogen-bond donors (Lipinski definition) is 0. The largest absolute Gasteiger partial charge is 0.457 e. The average Bonchev–Trinajstić information content (AvgIpc) is 2.84. The second kappa shape index (κ2) is 8.58. The van der Waals surface area contributed by atoms with Gasteiger partial charge < -0.3 is 9.16 Å². The molecule has 0 saturated carbocycles. The number of β-lactam (4-membered cyclic amide) rings is 1. The SMILES string of the molecule is C=CCOC(=O)C1=C(SC(C)C)S[C@@H]2[C@@H]([C@@H](C)O[Si](C)(C)C(C)(C)C)C(=O)N12. The van der Waals surface area contributed by atoms with Crippen molar-refractivity contribution in [1.82, 2.24) is 4.90 Å². The van der Waals surface area contributed by atoms with E-state index in [0.29, 0.717) is 10.9 Å². The molecule has 3 atom stereocenters. The number of carbonyl (C=O) groups is 2. The standard InChI is InChI=1S/C20H33NO4S2Si/c1-10-11-24-18(23)15-19(26-12(2)3)27-17-14(16(22)21(15)17)13(4)25-28(8,9)20(5,6)7/h10,12-14,17H,1,11H2,2-9H3/t13-,14+,17-/m1/s1. The zero-order chi connectivity index (χ0) is 21.4. The fraction of sp³-hybridized carbons (Fsp3) is 0.700. The molecule has 158 valence electrons. The van der Waals surface area contributed by atoms with Crippen molar-refractivity contribution >= 4 is 43.7 Å². The molecule has 0 radical (unpaired) electrons. The normalized spacial score (nSPS) is 23.6. The molecular formula is C20H33NO4S2Si. The van der Waals surface area contributed by atoms with Gasteiger partial charge in [0, 0.05) is 5.25 Å². The fourth-order valence-corrected chi connectivity index (χ4v) is 7.50. The molecule has 0 bridgehead atoms. The number of esters is 1. The van der Waals surface area contributed by atoms with Gasteiger partial charge >= 0.3 is 5.97 Å². The Labute approximate surface area is 178 Å². The van der Waals surface area contributed by atoms with Gasteiger partial charge in [0.25, 0.3) is 0 Å². The smallest absolute Gasteiger partial charge is 0.357 e. The zero-order valence-corrected chi connectivity index (χ0v) is 20.8. The Kier molecular flexibility index (Phi) is 7.22. The van der Waals surface area contributed by atoms with Crippen molar-refractivity contribution in [2.24, 2.45) is 5.92 Å². The van der Waals surface area contributed by atoms with Crippen LogP contribution in [0, 0.1) is 5.92 Å². The molecule has 0 spiro atoms. The van der Waals surface area contributed by atoms with Gasteiger partial charge in [0.15, 0.2) is 14.0 Å². The summed E-state index contributed by atoms with van der Waals surface area (Å²) in [6, 6.07) is 0. The number of nitrogens with zero attached hydrogens (tertiary/aromatic N) is 1. The second-order valence-corrected chi connectivity index (χ2v) is 16.7. The molecule has 8 heteroatoms. The van der Waals surface area contributed by atoms with Crippen molar-refractivity contribution in [3.63, 3.8) is 0 Å². The highest BCUT2D eigenvalue weighted by Crippen LogP contribution is 2.55. The highest BCUT2D eigenvalue weighted by Gasteiger charge is 2.59. The highest BCUT2D eigenvalue weighted by molar-refractivity contribution is 8.23. The van der Waals surface area contributed by atoms with Crippen LogP contribution in [0.1, 0.15) is 41.5 Å². The van der Waals surface area contributed by atoms with Gasteiger partial charge in [-0.3, -0.25) is 9.69 Å². The number of carbonyl (C=O) groups excluding carboxylic acids is 2. The van der Waals surface area contributed by atoms with Gasteiger partial charge in [0.05, 0.1) is 16.3 Å². The monoisotopic (exact) mass is 443 g/mol. The van der Waals surface area contributed by atoms with E-state index < -0.39 is 14.3 Å². The van der Waals surface area contributed by atoms with Crippen LogP contribution in [0.3, 0.4) is 0 Å². The summed E-state index contributed by atoms with van der Waals surface area (Å²) >= 11 is 3.19. The molecule has 2 aliphatic heterocycles. The van der Waals surface area contributed by atoms with Crippen LogP contribution in [-0.4, -0.2) is 48.4 Å². The maximum atomic E-state index is 13.0. The average molecular weight is 444 g/mol. The van der Waals surface area contributed by atoms with Crippen LogP contribution in [0.15, 0.2) is 22.6 Å². The molecule has 1 amide bonds. The van der Waals surface area contributed by atoms with Crippen molar-refractivity contribution in [2.75, 3.05) is 6.61 Å². The lowest BCUT2D eigenvalue weighted by Gasteiger charge is -2.48. The third-order valence-electron chi connectivity index (χ3n) is 5.41. The molecule has 0 aromatic carbocycles. The van der Waals surface area contributed by atoms with Gasteiger partial charge in [-0.05, 0) is 25.1 Å². The molecule has 0 N–H and O–H groups in total. The Morgan fingerprint density at radius 2 is 1.96 bits per heavy atom. The molecule has 2 aliphatic rings. The molecular weight excluding hydrogens is 410 g/mol. The second-order valence-electron chi connectivity index (χ2n) is 9.02. The maximum Gasteiger partial charge on any atom is 0.357 e.